The molecular formula is C25H34FN5O. The molecule has 32 heavy (non-hydrogen) atoms. The van der Waals surface area contributed by atoms with E-state index in [1.54, 1.807) is 12.1 Å². The maximum Gasteiger partial charge on any atom is 0.223 e. The van der Waals surface area contributed by atoms with E-state index in [9.17, 15) is 9.18 Å². The number of amides is 1. The van der Waals surface area contributed by atoms with Crippen molar-refractivity contribution in [1.29, 1.82) is 0 Å². The summed E-state index contributed by atoms with van der Waals surface area (Å²) < 4.78 is 13.1. The lowest BCUT2D eigenvalue weighted by molar-refractivity contribution is -0.135. The van der Waals surface area contributed by atoms with Crippen LogP contribution in [0.15, 0.2) is 24.3 Å². The van der Waals surface area contributed by atoms with Crippen molar-refractivity contribution in [3.63, 3.8) is 0 Å². The molecule has 1 aromatic carbocycles. The van der Waals surface area contributed by atoms with Crippen molar-refractivity contribution in [3.8, 4) is 0 Å². The number of fused-ring (bicyclic) bond motifs is 1. The van der Waals surface area contributed by atoms with Crippen molar-refractivity contribution < 1.29 is 9.18 Å². The molecule has 6 nitrogen and oxygen atoms in total. The number of aromatic nitrogens is 2. The number of nitrogens with zero attached hydrogens (tertiary/aromatic N) is 5. The van der Waals surface area contributed by atoms with Crippen LogP contribution in [0.3, 0.4) is 0 Å². The largest absolute Gasteiger partial charge is 0.362 e. The molecule has 1 aromatic heterocycles. The van der Waals surface area contributed by atoms with Crippen LogP contribution < -0.4 is 4.90 Å². The molecule has 0 spiro atoms. The summed E-state index contributed by atoms with van der Waals surface area (Å²) in [5.41, 5.74) is 3.40. The lowest BCUT2D eigenvalue weighted by Crippen LogP contribution is -2.40. The number of hydrogen-bond acceptors (Lipinski definition) is 5. The Kier molecular flexibility index (Phi) is 7.04. The number of benzene rings is 1. The second-order valence-corrected chi connectivity index (χ2v) is 9.29. The topological polar surface area (TPSA) is 52.6 Å². The molecule has 1 amide bonds. The van der Waals surface area contributed by atoms with Gasteiger partial charge in [-0.05, 0) is 56.8 Å². The number of anilines is 1. The molecule has 2 aliphatic rings. The first-order chi connectivity index (χ1) is 15.4. The van der Waals surface area contributed by atoms with Crippen molar-refractivity contribution in [2.45, 2.75) is 57.5 Å². The second kappa shape index (κ2) is 9.94. The summed E-state index contributed by atoms with van der Waals surface area (Å²) in [6.07, 6.45) is 5.97. The first-order valence-corrected chi connectivity index (χ1v) is 11.7. The summed E-state index contributed by atoms with van der Waals surface area (Å²) in [6, 6.07) is 6.50. The molecule has 0 N–H and O–H groups in total. The van der Waals surface area contributed by atoms with Crippen molar-refractivity contribution in [2.75, 3.05) is 39.1 Å². The summed E-state index contributed by atoms with van der Waals surface area (Å²) in [7, 11) is 6.18. The molecule has 0 saturated carbocycles. The van der Waals surface area contributed by atoms with Crippen LogP contribution in [0.2, 0.25) is 0 Å². The third kappa shape index (κ3) is 5.09. The van der Waals surface area contributed by atoms with E-state index >= 15 is 0 Å². The van der Waals surface area contributed by atoms with Gasteiger partial charge < -0.3 is 14.7 Å². The number of hydrogen-bond donors (Lipinski definition) is 0. The van der Waals surface area contributed by atoms with Gasteiger partial charge in [-0.2, -0.15) is 0 Å². The van der Waals surface area contributed by atoms with Crippen LogP contribution in [0.4, 0.5) is 10.2 Å². The van der Waals surface area contributed by atoms with Gasteiger partial charge in [-0.1, -0.05) is 12.1 Å². The highest BCUT2D eigenvalue weighted by Crippen LogP contribution is 2.33. The Balaban J connectivity index is 1.49. The van der Waals surface area contributed by atoms with Gasteiger partial charge in [-0.15, -0.1) is 0 Å². The molecule has 7 heteroatoms. The molecule has 1 saturated heterocycles. The summed E-state index contributed by atoms with van der Waals surface area (Å²) >= 11 is 0. The van der Waals surface area contributed by atoms with Gasteiger partial charge in [0.1, 0.15) is 11.6 Å². The van der Waals surface area contributed by atoms with E-state index in [4.69, 9.17) is 9.97 Å². The summed E-state index contributed by atoms with van der Waals surface area (Å²) in [5, 5.41) is 0. The van der Waals surface area contributed by atoms with E-state index in [2.05, 4.69) is 16.8 Å². The fraction of sp³-hybridized carbons (Fsp3) is 0.560. The van der Waals surface area contributed by atoms with Crippen molar-refractivity contribution in [1.82, 2.24) is 19.8 Å². The zero-order valence-electron chi connectivity index (χ0n) is 19.5. The van der Waals surface area contributed by atoms with E-state index in [0.717, 1.165) is 81.1 Å². The third-order valence-electron chi connectivity index (χ3n) is 6.56. The Morgan fingerprint density at radius 1 is 1.16 bits per heavy atom. The SMILES string of the molecule is CN1CCc2nc([C@H]3CCCCN3C(=O)CCCc3ccc(F)cc3)nc(N(C)C)c2C1. The van der Waals surface area contributed by atoms with Gasteiger partial charge >= 0.3 is 0 Å². The maximum absolute atomic E-state index is 13.2. The van der Waals surface area contributed by atoms with E-state index in [-0.39, 0.29) is 17.8 Å². The zero-order valence-corrected chi connectivity index (χ0v) is 19.5. The molecule has 0 unspecified atom stereocenters. The lowest BCUT2D eigenvalue weighted by atomic mass is 9.99. The van der Waals surface area contributed by atoms with Crippen LogP contribution in [0.5, 0.6) is 0 Å². The quantitative estimate of drug-likeness (QED) is 0.686. The average Bonchev–Trinajstić information content (AvgIpc) is 2.79. The van der Waals surface area contributed by atoms with Crippen LogP contribution in [-0.2, 0) is 24.2 Å². The molecule has 2 aromatic rings. The Morgan fingerprint density at radius 2 is 1.94 bits per heavy atom. The minimum atomic E-state index is -0.227. The minimum Gasteiger partial charge on any atom is -0.362 e. The summed E-state index contributed by atoms with van der Waals surface area (Å²) in [5.74, 6) is 1.72. The van der Waals surface area contributed by atoms with Crippen molar-refractivity contribution >= 4 is 11.7 Å². The number of likely N-dealkylation sites (tertiary alicyclic amines) is 1. The Labute approximate surface area is 190 Å². The van der Waals surface area contributed by atoms with Gasteiger partial charge in [0.05, 0.1) is 11.7 Å². The number of carbonyl (C=O) groups excluding carboxylic acids is 1. The van der Waals surface area contributed by atoms with Crippen LogP contribution in [0.25, 0.3) is 0 Å². The number of halogens is 1. The highest BCUT2D eigenvalue weighted by atomic mass is 19.1. The molecule has 172 valence electrons. The van der Waals surface area contributed by atoms with Crippen molar-refractivity contribution in [2.24, 2.45) is 0 Å². The van der Waals surface area contributed by atoms with E-state index in [1.807, 2.05) is 19.0 Å². The number of likely N-dealkylation sites (N-methyl/N-ethyl adjacent to an activating group) is 1. The third-order valence-corrected chi connectivity index (χ3v) is 6.56. The highest BCUT2D eigenvalue weighted by molar-refractivity contribution is 5.76. The fourth-order valence-corrected chi connectivity index (χ4v) is 4.81. The molecule has 1 atom stereocenters. The van der Waals surface area contributed by atoms with Crippen molar-refractivity contribution in [3.05, 3.63) is 52.7 Å². The number of rotatable bonds is 6. The normalized spacial score (nSPS) is 19.0. The Hall–Kier alpha value is -2.54. The molecule has 4 rings (SSSR count). The molecule has 0 bridgehead atoms. The summed E-state index contributed by atoms with van der Waals surface area (Å²) in [6.45, 7) is 2.62. The second-order valence-electron chi connectivity index (χ2n) is 9.29. The number of piperidine rings is 1. The molecule has 0 aliphatic carbocycles. The molecular weight excluding hydrogens is 405 g/mol. The molecule has 1 fully saturated rings. The zero-order chi connectivity index (χ0) is 22.7. The number of carbonyl (C=O) groups is 1. The maximum atomic E-state index is 13.2. The molecule has 2 aliphatic heterocycles. The highest BCUT2D eigenvalue weighted by Gasteiger charge is 2.32. The van der Waals surface area contributed by atoms with Gasteiger partial charge in [0.15, 0.2) is 5.82 Å². The van der Waals surface area contributed by atoms with Crippen LogP contribution in [-0.4, -0.2) is 59.9 Å². The van der Waals surface area contributed by atoms with Gasteiger partial charge in [0.2, 0.25) is 5.91 Å². The lowest BCUT2D eigenvalue weighted by Gasteiger charge is -2.36. The monoisotopic (exact) mass is 439 g/mol. The smallest absolute Gasteiger partial charge is 0.223 e. The Morgan fingerprint density at radius 3 is 2.69 bits per heavy atom. The van der Waals surface area contributed by atoms with Gasteiger partial charge in [0, 0.05) is 52.1 Å². The predicted molar refractivity (Wildman–Crippen MR) is 124 cm³/mol. The number of aryl methyl sites for hydroxylation is 1. The van der Waals surface area contributed by atoms with Crippen LogP contribution in [0.1, 0.15) is 60.8 Å². The minimum absolute atomic E-state index is 0.0503. The van der Waals surface area contributed by atoms with Crippen LogP contribution in [0, 0.1) is 5.82 Å². The van der Waals surface area contributed by atoms with Gasteiger partial charge in [-0.3, -0.25) is 4.79 Å². The summed E-state index contributed by atoms with van der Waals surface area (Å²) in [4.78, 5) is 29.5. The average molecular weight is 440 g/mol. The van der Waals surface area contributed by atoms with Crippen LogP contribution >= 0.6 is 0 Å². The first kappa shape index (κ1) is 22.6. The predicted octanol–water partition coefficient (Wildman–Crippen LogP) is 3.75. The molecule has 0 radical (unpaired) electrons. The van der Waals surface area contributed by atoms with Gasteiger partial charge in [0.25, 0.3) is 0 Å². The standard InChI is InChI=1S/C25H34FN5O/c1-29(2)25-20-17-30(3)16-14-21(20)27-24(28-25)22-8-4-5-15-31(22)23(32)9-6-7-18-10-12-19(26)13-11-18/h10-13,22H,4-9,14-17H2,1-3H3/t22-/m1/s1. The Bertz CT molecular complexity index is 946. The fourth-order valence-electron chi connectivity index (χ4n) is 4.81. The van der Waals surface area contributed by atoms with Gasteiger partial charge in [-0.25, -0.2) is 14.4 Å². The first-order valence-electron chi connectivity index (χ1n) is 11.7. The van der Waals surface area contributed by atoms with E-state index in [1.165, 1.54) is 17.7 Å². The van der Waals surface area contributed by atoms with E-state index in [0.29, 0.717) is 6.42 Å². The van der Waals surface area contributed by atoms with E-state index < -0.39 is 0 Å². The molecule has 3 heterocycles.